The van der Waals surface area contributed by atoms with Crippen LogP contribution in [-0.4, -0.2) is 11.4 Å². The van der Waals surface area contributed by atoms with Gasteiger partial charge < -0.3 is 0 Å². The fourth-order valence-electron chi connectivity index (χ4n) is 3.03. The molecule has 1 unspecified atom stereocenters. The van der Waals surface area contributed by atoms with Gasteiger partial charge >= 0.3 is 0 Å². The van der Waals surface area contributed by atoms with Gasteiger partial charge in [-0.3, -0.25) is 4.90 Å². The lowest BCUT2D eigenvalue weighted by Crippen LogP contribution is -2.33. The lowest BCUT2D eigenvalue weighted by Gasteiger charge is -2.35. The Bertz CT molecular complexity index is 703. The molecule has 2 aromatic rings. The molecule has 0 bridgehead atoms. The Kier molecular flexibility index (Phi) is 3.72. The van der Waals surface area contributed by atoms with Gasteiger partial charge in [0.05, 0.1) is 11.6 Å². The molecule has 0 spiro atoms. The predicted octanol–water partition coefficient (Wildman–Crippen LogP) is 3.82. The Morgan fingerprint density at radius 2 is 2.14 bits per heavy atom. The number of nitriles is 1. The Labute approximate surface area is 124 Å². The molecule has 3 heteroatoms. The van der Waals surface area contributed by atoms with Gasteiger partial charge in [0.1, 0.15) is 5.82 Å². The first kappa shape index (κ1) is 13.8. The van der Waals surface area contributed by atoms with Gasteiger partial charge in [0, 0.05) is 19.1 Å². The van der Waals surface area contributed by atoms with E-state index in [0.29, 0.717) is 5.56 Å². The maximum absolute atomic E-state index is 13.5. The van der Waals surface area contributed by atoms with Crippen molar-refractivity contribution in [1.29, 1.82) is 5.26 Å². The van der Waals surface area contributed by atoms with E-state index in [1.54, 1.807) is 6.07 Å². The van der Waals surface area contributed by atoms with E-state index >= 15 is 0 Å². The Balaban J connectivity index is 1.83. The molecule has 0 saturated carbocycles. The highest BCUT2D eigenvalue weighted by Crippen LogP contribution is 2.31. The summed E-state index contributed by atoms with van der Waals surface area (Å²) in [7, 11) is 0. The van der Waals surface area contributed by atoms with Crippen LogP contribution in [0.2, 0.25) is 0 Å². The Hall–Kier alpha value is -2.18. The summed E-state index contributed by atoms with van der Waals surface area (Å²) >= 11 is 0. The molecule has 0 aromatic heterocycles. The van der Waals surface area contributed by atoms with Gasteiger partial charge in [0.15, 0.2) is 0 Å². The van der Waals surface area contributed by atoms with E-state index in [-0.39, 0.29) is 11.9 Å². The Morgan fingerprint density at radius 3 is 2.95 bits per heavy atom. The number of nitrogens with zero attached hydrogens (tertiary/aromatic N) is 2. The van der Waals surface area contributed by atoms with Crippen molar-refractivity contribution in [3.63, 3.8) is 0 Å². The fraction of sp³-hybridized carbons (Fsp3) is 0.278. The topological polar surface area (TPSA) is 27.0 Å². The lowest BCUT2D eigenvalue weighted by atomic mass is 9.93. The first-order chi connectivity index (χ1) is 10.2. The van der Waals surface area contributed by atoms with Crippen molar-refractivity contribution in [1.82, 2.24) is 4.90 Å². The average molecular weight is 280 g/mol. The van der Waals surface area contributed by atoms with Crippen LogP contribution in [-0.2, 0) is 13.0 Å². The van der Waals surface area contributed by atoms with E-state index in [2.05, 4.69) is 17.9 Å². The molecular formula is C18H17FN2. The molecule has 0 fully saturated rings. The van der Waals surface area contributed by atoms with E-state index in [4.69, 9.17) is 5.26 Å². The van der Waals surface area contributed by atoms with Crippen LogP contribution in [0, 0.1) is 17.1 Å². The van der Waals surface area contributed by atoms with Crippen LogP contribution in [0.1, 0.15) is 35.2 Å². The highest BCUT2D eigenvalue weighted by atomic mass is 19.1. The molecule has 1 aliphatic heterocycles. The third kappa shape index (κ3) is 2.81. The van der Waals surface area contributed by atoms with E-state index < -0.39 is 0 Å². The van der Waals surface area contributed by atoms with Crippen molar-refractivity contribution in [3.05, 3.63) is 70.5 Å². The van der Waals surface area contributed by atoms with Gasteiger partial charge in [0.25, 0.3) is 0 Å². The van der Waals surface area contributed by atoms with E-state index in [0.717, 1.165) is 30.6 Å². The zero-order valence-corrected chi connectivity index (χ0v) is 12.0. The first-order valence-electron chi connectivity index (χ1n) is 7.19. The lowest BCUT2D eigenvalue weighted by molar-refractivity contribution is 0.189. The van der Waals surface area contributed by atoms with Crippen LogP contribution in [0.4, 0.5) is 4.39 Å². The van der Waals surface area contributed by atoms with Crippen LogP contribution in [0.15, 0.2) is 42.5 Å². The Morgan fingerprint density at radius 1 is 1.29 bits per heavy atom. The van der Waals surface area contributed by atoms with Crippen LogP contribution < -0.4 is 0 Å². The second-order valence-electron chi connectivity index (χ2n) is 5.55. The van der Waals surface area contributed by atoms with Crippen LogP contribution in [0.5, 0.6) is 0 Å². The van der Waals surface area contributed by atoms with Crippen LogP contribution >= 0.6 is 0 Å². The highest BCUT2D eigenvalue weighted by molar-refractivity contribution is 5.35. The van der Waals surface area contributed by atoms with Crippen molar-refractivity contribution < 1.29 is 4.39 Å². The molecule has 2 aromatic carbocycles. The molecular weight excluding hydrogens is 263 g/mol. The number of hydrogen-bond donors (Lipinski definition) is 0. The van der Waals surface area contributed by atoms with Gasteiger partial charge in [-0.2, -0.15) is 5.26 Å². The summed E-state index contributed by atoms with van der Waals surface area (Å²) in [6.45, 7) is 3.86. The van der Waals surface area contributed by atoms with Gasteiger partial charge in [-0.25, -0.2) is 4.39 Å². The van der Waals surface area contributed by atoms with E-state index in [1.165, 1.54) is 11.6 Å². The predicted molar refractivity (Wildman–Crippen MR) is 80.1 cm³/mol. The largest absolute Gasteiger partial charge is 0.292 e. The molecule has 21 heavy (non-hydrogen) atoms. The average Bonchev–Trinajstić information content (AvgIpc) is 2.51. The number of hydrogen-bond acceptors (Lipinski definition) is 2. The molecule has 1 aliphatic rings. The SMILES string of the molecule is CC1c2cc(F)ccc2CCN1Cc1cccc(C#N)c1. The van der Waals surface area contributed by atoms with E-state index in [9.17, 15) is 4.39 Å². The van der Waals surface area contributed by atoms with E-state index in [1.807, 2.05) is 30.3 Å². The molecule has 2 nitrogen and oxygen atoms in total. The zero-order chi connectivity index (χ0) is 14.8. The van der Waals surface area contributed by atoms with Crippen LogP contribution in [0.25, 0.3) is 0 Å². The summed E-state index contributed by atoms with van der Waals surface area (Å²) in [4.78, 5) is 2.33. The van der Waals surface area contributed by atoms with Crippen LogP contribution in [0.3, 0.4) is 0 Å². The normalized spacial score (nSPS) is 18.0. The maximum atomic E-state index is 13.5. The highest BCUT2D eigenvalue weighted by Gasteiger charge is 2.24. The third-order valence-corrected chi connectivity index (χ3v) is 4.22. The standard InChI is InChI=1S/C18H17FN2/c1-13-18-10-17(19)6-5-16(18)7-8-21(13)12-15-4-2-3-14(9-15)11-20/h2-6,9-10,13H,7-8,12H2,1H3. The monoisotopic (exact) mass is 280 g/mol. The summed E-state index contributed by atoms with van der Waals surface area (Å²) < 4.78 is 13.5. The number of fused-ring (bicyclic) bond motifs is 1. The molecule has 0 radical (unpaired) electrons. The molecule has 0 amide bonds. The summed E-state index contributed by atoms with van der Waals surface area (Å²) in [5.74, 6) is -0.172. The minimum Gasteiger partial charge on any atom is -0.292 e. The van der Waals surface area contributed by atoms with Gasteiger partial charge in [-0.05, 0) is 54.3 Å². The zero-order valence-electron chi connectivity index (χ0n) is 12.0. The molecule has 0 N–H and O–H groups in total. The molecule has 1 heterocycles. The summed E-state index contributed by atoms with van der Waals surface area (Å²) in [5.41, 5.74) is 4.13. The van der Waals surface area contributed by atoms with Crippen molar-refractivity contribution >= 4 is 0 Å². The number of halogens is 1. The van der Waals surface area contributed by atoms with Crippen molar-refractivity contribution in [2.24, 2.45) is 0 Å². The number of benzene rings is 2. The summed E-state index contributed by atoms with van der Waals surface area (Å²) in [5, 5.41) is 8.98. The summed E-state index contributed by atoms with van der Waals surface area (Å²) in [6.07, 6.45) is 0.942. The second-order valence-corrected chi connectivity index (χ2v) is 5.55. The number of rotatable bonds is 2. The van der Waals surface area contributed by atoms with Crippen molar-refractivity contribution in [3.8, 4) is 6.07 Å². The minimum atomic E-state index is -0.172. The van der Waals surface area contributed by atoms with Gasteiger partial charge in [-0.15, -0.1) is 0 Å². The molecule has 1 atom stereocenters. The van der Waals surface area contributed by atoms with Crippen molar-refractivity contribution in [2.75, 3.05) is 6.54 Å². The van der Waals surface area contributed by atoms with Gasteiger partial charge in [-0.1, -0.05) is 18.2 Å². The second kappa shape index (κ2) is 5.67. The first-order valence-corrected chi connectivity index (χ1v) is 7.19. The smallest absolute Gasteiger partial charge is 0.123 e. The summed E-state index contributed by atoms with van der Waals surface area (Å²) in [6, 6.07) is 15.1. The maximum Gasteiger partial charge on any atom is 0.123 e. The molecule has 3 rings (SSSR count). The molecule has 0 aliphatic carbocycles. The quantitative estimate of drug-likeness (QED) is 0.836. The minimum absolute atomic E-state index is 0.172. The van der Waals surface area contributed by atoms with Gasteiger partial charge in [0.2, 0.25) is 0 Å². The fourth-order valence-corrected chi connectivity index (χ4v) is 3.03. The molecule has 0 saturated heterocycles. The van der Waals surface area contributed by atoms with Crippen molar-refractivity contribution in [2.45, 2.75) is 25.9 Å². The third-order valence-electron chi connectivity index (χ3n) is 4.22. The molecule has 106 valence electrons.